The zero-order chi connectivity index (χ0) is 18.1. The molecular weight excluding hydrogens is 324 g/mol. The summed E-state index contributed by atoms with van der Waals surface area (Å²) in [4.78, 5) is 34.5. The Hall–Kier alpha value is -3.67. The first-order valence-corrected chi connectivity index (χ1v) is 7.26. The van der Waals surface area contributed by atoms with E-state index in [1.165, 1.54) is 18.2 Å². The van der Waals surface area contributed by atoms with Crippen molar-refractivity contribution in [1.82, 2.24) is 0 Å². The monoisotopic (exact) mass is 336 g/mol. The molecule has 0 aliphatic rings. The van der Waals surface area contributed by atoms with Crippen LogP contribution in [0.25, 0.3) is 21.9 Å². The minimum absolute atomic E-state index is 0.0244. The van der Waals surface area contributed by atoms with Crippen LogP contribution in [0.1, 0.15) is 31.1 Å². The molecule has 3 aromatic carbocycles. The highest BCUT2D eigenvalue weighted by atomic mass is 16.4. The van der Waals surface area contributed by atoms with Gasteiger partial charge in [-0.25, -0.2) is 14.4 Å². The maximum atomic E-state index is 11.8. The zero-order valence-corrected chi connectivity index (χ0v) is 12.8. The second kappa shape index (κ2) is 6.09. The third-order valence-corrected chi connectivity index (χ3v) is 3.93. The van der Waals surface area contributed by atoms with Gasteiger partial charge in [0.05, 0.1) is 16.7 Å². The van der Waals surface area contributed by atoms with Crippen LogP contribution in [0, 0.1) is 0 Å². The molecule has 0 fully saturated rings. The normalized spacial score (nSPS) is 10.6. The van der Waals surface area contributed by atoms with Crippen molar-refractivity contribution in [2.45, 2.75) is 0 Å². The molecule has 0 bridgehead atoms. The smallest absolute Gasteiger partial charge is 0.336 e. The summed E-state index contributed by atoms with van der Waals surface area (Å²) in [5.41, 5.74) is -0.0960. The van der Waals surface area contributed by atoms with Gasteiger partial charge in [-0.05, 0) is 34.0 Å². The summed E-state index contributed by atoms with van der Waals surface area (Å²) < 4.78 is 0. The first kappa shape index (κ1) is 16.2. The van der Waals surface area contributed by atoms with E-state index in [0.717, 1.165) is 6.07 Å². The molecule has 0 unspecified atom stereocenters. The second-order valence-corrected chi connectivity index (χ2v) is 5.39. The summed E-state index contributed by atoms with van der Waals surface area (Å²) in [6, 6.07) is 13.7. The number of carbonyl (C=O) groups is 3. The lowest BCUT2D eigenvalue weighted by atomic mass is 9.90. The topological polar surface area (TPSA) is 112 Å². The SMILES string of the molecule is O=C(O)c1ccc(-c2ccc3ccccc3c2C(=O)O)c(C(=O)O)c1. The number of rotatable bonds is 4. The zero-order valence-electron chi connectivity index (χ0n) is 12.8. The quantitative estimate of drug-likeness (QED) is 0.671. The molecule has 0 heterocycles. The summed E-state index contributed by atoms with van der Waals surface area (Å²) in [6.45, 7) is 0. The van der Waals surface area contributed by atoms with E-state index >= 15 is 0 Å². The molecule has 0 atom stereocenters. The fourth-order valence-corrected chi connectivity index (χ4v) is 2.82. The van der Waals surface area contributed by atoms with Gasteiger partial charge >= 0.3 is 17.9 Å². The van der Waals surface area contributed by atoms with Crippen LogP contribution < -0.4 is 0 Å². The van der Waals surface area contributed by atoms with Gasteiger partial charge in [0.25, 0.3) is 0 Å². The standard InChI is InChI=1S/C19H12O6/c20-17(21)11-6-7-13(15(9-11)18(22)23)14-8-5-10-3-1-2-4-12(10)16(14)19(24)25/h1-9H,(H,20,21)(H,22,23)(H,24,25). The fourth-order valence-electron chi connectivity index (χ4n) is 2.82. The average Bonchev–Trinajstić information content (AvgIpc) is 2.59. The molecular formula is C19H12O6. The van der Waals surface area contributed by atoms with Crippen molar-refractivity contribution in [3.05, 3.63) is 71.3 Å². The molecule has 3 aromatic rings. The molecule has 0 aliphatic heterocycles. The van der Waals surface area contributed by atoms with E-state index < -0.39 is 17.9 Å². The average molecular weight is 336 g/mol. The van der Waals surface area contributed by atoms with E-state index in [1.807, 2.05) is 0 Å². The van der Waals surface area contributed by atoms with Crippen molar-refractivity contribution < 1.29 is 29.7 Å². The van der Waals surface area contributed by atoms with E-state index in [1.54, 1.807) is 30.3 Å². The Morgan fingerprint density at radius 2 is 1.36 bits per heavy atom. The molecule has 0 amide bonds. The predicted octanol–water partition coefficient (Wildman–Crippen LogP) is 3.60. The molecule has 6 nitrogen and oxygen atoms in total. The fraction of sp³-hybridized carbons (Fsp3) is 0. The third kappa shape index (κ3) is 2.81. The van der Waals surface area contributed by atoms with Crippen LogP contribution in [0.5, 0.6) is 0 Å². The van der Waals surface area contributed by atoms with Gasteiger partial charge in [0, 0.05) is 0 Å². The first-order chi connectivity index (χ1) is 11.9. The number of benzene rings is 3. The largest absolute Gasteiger partial charge is 0.478 e. The van der Waals surface area contributed by atoms with Gasteiger partial charge in [0.15, 0.2) is 0 Å². The van der Waals surface area contributed by atoms with Crippen molar-refractivity contribution in [2.24, 2.45) is 0 Å². The summed E-state index contributed by atoms with van der Waals surface area (Å²) in [7, 11) is 0. The van der Waals surface area contributed by atoms with Crippen LogP contribution in [0.3, 0.4) is 0 Å². The van der Waals surface area contributed by atoms with Crippen LogP contribution in [-0.2, 0) is 0 Å². The minimum atomic E-state index is -1.33. The van der Waals surface area contributed by atoms with E-state index in [-0.39, 0.29) is 27.8 Å². The number of aromatic carboxylic acids is 3. The number of carboxylic acids is 3. The Morgan fingerprint density at radius 1 is 0.680 bits per heavy atom. The molecule has 0 radical (unpaired) electrons. The molecule has 25 heavy (non-hydrogen) atoms. The Labute approximate surface area is 141 Å². The van der Waals surface area contributed by atoms with Crippen LogP contribution in [0.2, 0.25) is 0 Å². The van der Waals surface area contributed by atoms with Gasteiger partial charge in [-0.3, -0.25) is 0 Å². The van der Waals surface area contributed by atoms with Crippen molar-refractivity contribution in [3.8, 4) is 11.1 Å². The number of carboxylic acid groups (broad SMARTS) is 3. The highest BCUT2D eigenvalue weighted by molar-refractivity contribution is 6.11. The summed E-state index contributed by atoms with van der Waals surface area (Å²) >= 11 is 0. The van der Waals surface area contributed by atoms with E-state index in [0.29, 0.717) is 10.8 Å². The minimum Gasteiger partial charge on any atom is -0.478 e. The maximum absolute atomic E-state index is 11.8. The third-order valence-electron chi connectivity index (χ3n) is 3.93. The number of hydrogen-bond donors (Lipinski definition) is 3. The molecule has 6 heteroatoms. The molecule has 0 aromatic heterocycles. The van der Waals surface area contributed by atoms with Crippen LogP contribution in [-0.4, -0.2) is 33.2 Å². The second-order valence-electron chi connectivity index (χ2n) is 5.39. The van der Waals surface area contributed by atoms with E-state index in [4.69, 9.17) is 5.11 Å². The molecule has 0 saturated heterocycles. The van der Waals surface area contributed by atoms with Gasteiger partial charge in [-0.1, -0.05) is 42.5 Å². The highest BCUT2D eigenvalue weighted by Crippen LogP contribution is 2.33. The van der Waals surface area contributed by atoms with Gasteiger partial charge in [-0.15, -0.1) is 0 Å². The van der Waals surface area contributed by atoms with Crippen LogP contribution >= 0.6 is 0 Å². The Bertz CT molecular complexity index is 1040. The van der Waals surface area contributed by atoms with E-state index in [9.17, 15) is 24.6 Å². The van der Waals surface area contributed by atoms with Gasteiger partial charge in [0.1, 0.15) is 0 Å². The molecule has 3 N–H and O–H groups in total. The molecule has 0 aliphatic carbocycles. The Morgan fingerprint density at radius 3 is 2.00 bits per heavy atom. The Kier molecular flexibility index (Phi) is 3.94. The lowest BCUT2D eigenvalue weighted by molar-refractivity contribution is 0.0681. The lowest BCUT2D eigenvalue weighted by Crippen LogP contribution is -2.07. The van der Waals surface area contributed by atoms with Gasteiger partial charge in [-0.2, -0.15) is 0 Å². The number of fused-ring (bicyclic) bond motifs is 1. The molecule has 0 saturated carbocycles. The van der Waals surface area contributed by atoms with Crippen molar-refractivity contribution >= 4 is 28.7 Å². The lowest BCUT2D eigenvalue weighted by Gasteiger charge is -2.13. The summed E-state index contributed by atoms with van der Waals surface area (Å²) in [5.74, 6) is -3.78. The van der Waals surface area contributed by atoms with Gasteiger partial charge < -0.3 is 15.3 Å². The summed E-state index contributed by atoms with van der Waals surface area (Å²) in [5, 5.41) is 29.3. The van der Waals surface area contributed by atoms with Gasteiger partial charge in [0.2, 0.25) is 0 Å². The highest BCUT2D eigenvalue weighted by Gasteiger charge is 2.21. The molecule has 0 spiro atoms. The number of hydrogen-bond acceptors (Lipinski definition) is 3. The van der Waals surface area contributed by atoms with Crippen LogP contribution in [0.4, 0.5) is 0 Å². The first-order valence-electron chi connectivity index (χ1n) is 7.26. The van der Waals surface area contributed by atoms with Crippen LogP contribution in [0.15, 0.2) is 54.6 Å². The van der Waals surface area contributed by atoms with Crippen molar-refractivity contribution in [2.75, 3.05) is 0 Å². The predicted molar refractivity (Wildman–Crippen MR) is 90.3 cm³/mol. The molecule has 124 valence electrons. The molecule has 3 rings (SSSR count). The van der Waals surface area contributed by atoms with Crippen molar-refractivity contribution in [3.63, 3.8) is 0 Å². The maximum Gasteiger partial charge on any atom is 0.336 e. The summed E-state index contributed by atoms with van der Waals surface area (Å²) in [6.07, 6.45) is 0. The van der Waals surface area contributed by atoms with Crippen molar-refractivity contribution in [1.29, 1.82) is 0 Å². The van der Waals surface area contributed by atoms with E-state index in [2.05, 4.69) is 0 Å². The Balaban J connectivity index is 2.37.